The number of aryl methyl sites for hydroxylation is 1. The lowest BCUT2D eigenvalue weighted by Crippen LogP contribution is -2.14. The van der Waals surface area contributed by atoms with E-state index in [0.29, 0.717) is 12.2 Å². The van der Waals surface area contributed by atoms with Crippen LogP contribution in [0.2, 0.25) is 0 Å². The van der Waals surface area contributed by atoms with Gasteiger partial charge in [-0.1, -0.05) is 37.3 Å². The first kappa shape index (κ1) is 13.1. The van der Waals surface area contributed by atoms with Gasteiger partial charge in [0.15, 0.2) is 0 Å². The molecule has 19 heavy (non-hydrogen) atoms. The molecule has 1 amide bonds. The zero-order valence-corrected chi connectivity index (χ0v) is 10.9. The average Bonchev–Trinajstić information content (AvgIpc) is 2.45. The first-order valence-corrected chi connectivity index (χ1v) is 6.30. The van der Waals surface area contributed by atoms with Crippen molar-refractivity contribution in [3.63, 3.8) is 0 Å². The van der Waals surface area contributed by atoms with Gasteiger partial charge >= 0.3 is 0 Å². The SMILES string of the molecule is CCc1cccc(OCc2ccccc2C(N)=O)c1. The second-order valence-electron chi connectivity index (χ2n) is 4.31. The molecular weight excluding hydrogens is 238 g/mol. The average molecular weight is 255 g/mol. The third kappa shape index (κ3) is 3.35. The van der Waals surface area contributed by atoms with Crippen LogP contribution in [0.15, 0.2) is 48.5 Å². The number of carbonyl (C=O) groups excluding carboxylic acids is 1. The molecule has 3 nitrogen and oxygen atoms in total. The largest absolute Gasteiger partial charge is 0.489 e. The molecule has 0 bridgehead atoms. The molecule has 0 aliphatic heterocycles. The van der Waals surface area contributed by atoms with E-state index in [2.05, 4.69) is 13.0 Å². The van der Waals surface area contributed by atoms with Crippen molar-refractivity contribution in [2.24, 2.45) is 5.73 Å². The lowest BCUT2D eigenvalue weighted by molar-refractivity contribution is 0.0998. The Bertz CT molecular complexity index is 578. The minimum absolute atomic E-state index is 0.340. The van der Waals surface area contributed by atoms with E-state index in [9.17, 15) is 4.79 Å². The molecule has 3 heteroatoms. The van der Waals surface area contributed by atoms with Crippen molar-refractivity contribution in [2.75, 3.05) is 0 Å². The summed E-state index contributed by atoms with van der Waals surface area (Å²) in [6, 6.07) is 15.2. The highest BCUT2D eigenvalue weighted by Gasteiger charge is 2.07. The van der Waals surface area contributed by atoms with Crippen molar-refractivity contribution in [3.05, 3.63) is 65.2 Å². The molecule has 0 heterocycles. The van der Waals surface area contributed by atoms with Crippen LogP contribution in [0.1, 0.15) is 28.4 Å². The minimum atomic E-state index is -0.429. The molecule has 2 N–H and O–H groups in total. The minimum Gasteiger partial charge on any atom is -0.489 e. The topological polar surface area (TPSA) is 52.3 Å². The number of hydrogen-bond donors (Lipinski definition) is 1. The second kappa shape index (κ2) is 6.05. The molecule has 0 spiro atoms. The third-order valence-electron chi connectivity index (χ3n) is 2.98. The van der Waals surface area contributed by atoms with E-state index < -0.39 is 5.91 Å². The quantitative estimate of drug-likeness (QED) is 0.893. The monoisotopic (exact) mass is 255 g/mol. The van der Waals surface area contributed by atoms with Crippen molar-refractivity contribution in [1.82, 2.24) is 0 Å². The molecule has 0 aliphatic rings. The van der Waals surface area contributed by atoms with Gasteiger partial charge in [-0.25, -0.2) is 0 Å². The number of primary amides is 1. The van der Waals surface area contributed by atoms with E-state index in [0.717, 1.165) is 17.7 Å². The molecule has 2 aromatic rings. The van der Waals surface area contributed by atoms with Crippen molar-refractivity contribution >= 4 is 5.91 Å². The van der Waals surface area contributed by atoms with Gasteiger partial charge in [-0.05, 0) is 30.2 Å². The summed E-state index contributed by atoms with van der Waals surface area (Å²) >= 11 is 0. The van der Waals surface area contributed by atoms with Gasteiger partial charge in [0.2, 0.25) is 5.91 Å². The molecule has 0 saturated carbocycles. The molecule has 2 rings (SSSR count). The first-order valence-electron chi connectivity index (χ1n) is 6.30. The van der Waals surface area contributed by atoms with Gasteiger partial charge in [0, 0.05) is 11.1 Å². The number of nitrogens with two attached hydrogens (primary N) is 1. The van der Waals surface area contributed by atoms with Crippen molar-refractivity contribution in [2.45, 2.75) is 20.0 Å². The fourth-order valence-electron chi connectivity index (χ4n) is 1.90. The van der Waals surface area contributed by atoms with Crippen LogP contribution in [0.4, 0.5) is 0 Å². The third-order valence-corrected chi connectivity index (χ3v) is 2.98. The fourth-order valence-corrected chi connectivity index (χ4v) is 1.90. The smallest absolute Gasteiger partial charge is 0.249 e. The number of benzene rings is 2. The highest BCUT2D eigenvalue weighted by atomic mass is 16.5. The molecule has 0 unspecified atom stereocenters. The summed E-state index contributed by atoms with van der Waals surface area (Å²) in [6.07, 6.45) is 0.967. The normalized spacial score (nSPS) is 10.2. The van der Waals surface area contributed by atoms with Crippen LogP contribution < -0.4 is 10.5 Å². The summed E-state index contributed by atoms with van der Waals surface area (Å²) in [5, 5.41) is 0. The second-order valence-corrected chi connectivity index (χ2v) is 4.31. The van der Waals surface area contributed by atoms with Crippen LogP contribution in [0.3, 0.4) is 0 Å². The molecule has 0 radical (unpaired) electrons. The van der Waals surface area contributed by atoms with Crippen LogP contribution in [0.5, 0.6) is 5.75 Å². The fraction of sp³-hybridized carbons (Fsp3) is 0.188. The van der Waals surface area contributed by atoms with Gasteiger partial charge in [-0.2, -0.15) is 0 Å². The van der Waals surface area contributed by atoms with Crippen LogP contribution in [-0.4, -0.2) is 5.91 Å². The summed E-state index contributed by atoms with van der Waals surface area (Å²) in [7, 11) is 0. The summed E-state index contributed by atoms with van der Waals surface area (Å²) in [6.45, 7) is 2.44. The molecule has 98 valence electrons. The first-order chi connectivity index (χ1) is 9.20. The number of rotatable bonds is 5. The predicted molar refractivity (Wildman–Crippen MR) is 75.1 cm³/mol. The Morgan fingerprint density at radius 2 is 1.95 bits per heavy atom. The molecule has 2 aromatic carbocycles. The zero-order chi connectivity index (χ0) is 13.7. The van der Waals surface area contributed by atoms with E-state index in [-0.39, 0.29) is 0 Å². The molecule has 0 atom stereocenters. The predicted octanol–water partition coefficient (Wildman–Crippen LogP) is 2.93. The Balaban J connectivity index is 2.12. The van der Waals surface area contributed by atoms with E-state index in [1.165, 1.54) is 5.56 Å². The van der Waals surface area contributed by atoms with E-state index in [4.69, 9.17) is 10.5 Å². The standard InChI is InChI=1S/C16H17NO2/c1-2-12-6-5-8-14(10-12)19-11-13-7-3-4-9-15(13)16(17)18/h3-10H,2,11H2,1H3,(H2,17,18). The Morgan fingerprint density at radius 1 is 1.16 bits per heavy atom. The van der Waals surface area contributed by atoms with Gasteiger partial charge in [-0.3, -0.25) is 4.79 Å². The highest BCUT2D eigenvalue weighted by molar-refractivity contribution is 5.94. The van der Waals surface area contributed by atoms with Crippen molar-refractivity contribution < 1.29 is 9.53 Å². The lowest BCUT2D eigenvalue weighted by atomic mass is 10.1. The Labute approximate surface area is 113 Å². The molecule has 0 fully saturated rings. The van der Waals surface area contributed by atoms with Gasteiger partial charge < -0.3 is 10.5 Å². The maximum absolute atomic E-state index is 11.3. The Kier molecular flexibility index (Phi) is 4.18. The lowest BCUT2D eigenvalue weighted by Gasteiger charge is -2.10. The number of ether oxygens (including phenoxy) is 1. The van der Waals surface area contributed by atoms with Gasteiger partial charge in [0.25, 0.3) is 0 Å². The summed E-state index contributed by atoms with van der Waals surface area (Å²) < 4.78 is 5.72. The van der Waals surface area contributed by atoms with Crippen LogP contribution in [0.25, 0.3) is 0 Å². The molecular formula is C16H17NO2. The van der Waals surface area contributed by atoms with Gasteiger partial charge in [-0.15, -0.1) is 0 Å². The summed E-state index contributed by atoms with van der Waals surface area (Å²) in [5.41, 5.74) is 7.87. The van der Waals surface area contributed by atoms with Gasteiger partial charge in [0.1, 0.15) is 12.4 Å². The number of amides is 1. The van der Waals surface area contributed by atoms with E-state index >= 15 is 0 Å². The molecule has 0 saturated heterocycles. The highest BCUT2D eigenvalue weighted by Crippen LogP contribution is 2.17. The van der Waals surface area contributed by atoms with E-state index in [1.807, 2.05) is 30.3 Å². The molecule has 0 aromatic heterocycles. The number of hydrogen-bond acceptors (Lipinski definition) is 2. The Hall–Kier alpha value is -2.29. The Morgan fingerprint density at radius 3 is 2.68 bits per heavy atom. The van der Waals surface area contributed by atoms with Crippen LogP contribution >= 0.6 is 0 Å². The maximum Gasteiger partial charge on any atom is 0.249 e. The van der Waals surface area contributed by atoms with Crippen molar-refractivity contribution in [1.29, 1.82) is 0 Å². The van der Waals surface area contributed by atoms with Crippen molar-refractivity contribution in [3.8, 4) is 5.75 Å². The van der Waals surface area contributed by atoms with Gasteiger partial charge in [0.05, 0.1) is 0 Å². The van der Waals surface area contributed by atoms with E-state index in [1.54, 1.807) is 12.1 Å². The van der Waals surface area contributed by atoms with Crippen LogP contribution in [0, 0.1) is 0 Å². The maximum atomic E-state index is 11.3. The number of carbonyl (C=O) groups is 1. The molecule has 0 aliphatic carbocycles. The van der Waals surface area contributed by atoms with Crippen LogP contribution in [-0.2, 0) is 13.0 Å². The summed E-state index contributed by atoms with van der Waals surface area (Å²) in [5.74, 6) is 0.375. The summed E-state index contributed by atoms with van der Waals surface area (Å²) in [4.78, 5) is 11.3. The zero-order valence-electron chi connectivity index (χ0n) is 10.9.